The highest BCUT2D eigenvalue weighted by Crippen LogP contribution is 2.16. The normalized spacial score (nSPS) is 11.5. The quantitative estimate of drug-likeness (QED) is 0.145. The van der Waals surface area contributed by atoms with Crippen LogP contribution >= 0.6 is 8.25 Å². The third-order valence-corrected chi connectivity index (χ3v) is 4.76. The molecule has 1 unspecified atom stereocenters. The Morgan fingerprint density at radius 2 is 1.08 bits per heavy atom. The summed E-state index contributed by atoms with van der Waals surface area (Å²) in [6.07, 6.45) is 25.1. The molecule has 0 saturated heterocycles. The zero-order valence-electron chi connectivity index (χ0n) is 17.9. The first kappa shape index (κ1) is 28.0. The van der Waals surface area contributed by atoms with E-state index in [-0.39, 0.29) is 0 Å². The van der Waals surface area contributed by atoms with Gasteiger partial charge in [-0.1, -0.05) is 104 Å². The molecule has 0 amide bonds. The average molecular weight is 390 g/mol. The maximum absolute atomic E-state index is 10.3. The van der Waals surface area contributed by atoms with Gasteiger partial charge in [-0.3, -0.25) is 0 Å². The number of hydrogen-bond donors (Lipinski definition) is 1. The van der Waals surface area contributed by atoms with Gasteiger partial charge in [-0.05, 0) is 32.1 Å². The summed E-state index contributed by atoms with van der Waals surface area (Å²) in [5.74, 6) is 0. The lowest BCUT2D eigenvalue weighted by molar-refractivity contribution is 0.273. The van der Waals surface area contributed by atoms with Crippen LogP contribution in [0.1, 0.15) is 124 Å². The summed E-state index contributed by atoms with van der Waals surface area (Å²) in [4.78, 5) is 8.46. The SMILES string of the molecule is CCCC.CCCCCCCC/C=C\CCCCCCCCO[P+](=O)O. The van der Waals surface area contributed by atoms with Crippen LogP contribution in [0.2, 0.25) is 0 Å². The Kier molecular flexibility index (Phi) is 29.0. The molecule has 0 heterocycles. The minimum atomic E-state index is -2.40. The standard InChI is InChI=1S/C18H35O3P.C4H10/c1-2-3-4-5-6-7-8-9-10-11-12-13-14-15-16-17-18-21-22(19)20;1-3-4-2/h9-10H,2-8,11-18H2,1H3;3-4H2,1-2H3/p+1/b10-9-;. The number of allylic oxidation sites excluding steroid dienone is 2. The molecule has 1 atom stereocenters. The van der Waals surface area contributed by atoms with Crippen LogP contribution in [-0.4, -0.2) is 11.5 Å². The molecule has 0 aliphatic carbocycles. The van der Waals surface area contributed by atoms with Gasteiger partial charge >= 0.3 is 8.25 Å². The monoisotopic (exact) mass is 389 g/mol. The predicted octanol–water partition coefficient (Wildman–Crippen LogP) is 8.50. The van der Waals surface area contributed by atoms with E-state index < -0.39 is 8.25 Å². The van der Waals surface area contributed by atoms with Crippen LogP contribution in [-0.2, 0) is 9.09 Å². The van der Waals surface area contributed by atoms with Gasteiger partial charge < -0.3 is 0 Å². The molecule has 3 nitrogen and oxygen atoms in total. The molecule has 0 saturated carbocycles. The van der Waals surface area contributed by atoms with Gasteiger partial charge in [-0.25, -0.2) is 0 Å². The van der Waals surface area contributed by atoms with E-state index in [1.165, 1.54) is 89.9 Å². The molecular formula is C22H46O3P+. The predicted molar refractivity (Wildman–Crippen MR) is 116 cm³/mol. The van der Waals surface area contributed by atoms with Gasteiger partial charge in [0.05, 0.1) is 0 Å². The van der Waals surface area contributed by atoms with E-state index in [0.29, 0.717) is 6.61 Å². The van der Waals surface area contributed by atoms with Crippen molar-refractivity contribution in [3.05, 3.63) is 12.2 Å². The van der Waals surface area contributed by atoms with E-state index in [1.807, 2.05) is 0 Å². The van der Waals surface area contributed by atoms with Crippen LogP contribution in [0.4, 0.5) is 0 Å². The minimum Gasteiger partial charge on any atom is -0.133 e. The highest BCUT2D eigenvalue weighted by Gasteiger charge is 2.09. The van der Waals surface area contributed by atoms with Gasteiger partial charge in [0.25, 0.3) is 0 Å². The maximum atomic E-state index is 10.3. The van der Waals surface area contributed by atoms with Gasteiger partial charge in [0.2, 0.25) is 0 Å². The number of hydrogen-bond acceptors (Lipinski definition) is 2. The third-order valence-electron chi connectivity index (χ3n) is 4.36. The van der Waals surface area contributed by atoms with Crippen molar-refractivity contribution in [2.75, 3.05) is 6.61 Å². The molecule has 0 aromatic rings. The Morgan fingerprint density at radius 3 is 1.50 bits per heavy atom. The molecule has 0 aromatic carbocycles. The highest BCUT2D eigenvalue weighted by atomic mass is 31.1. The summed E-state index contributed by atoms with van der Waals surface area (Å²) in [6.45, 7) is 7.03. The van der Waals surface area contributed by atoms with Crippen LogP contribution in [0, 0.1) is 0 Å². The lowest BCUT2D eigenvalue weighted by Gasteiger charge is -1.99. The molecule has 0 rings (SSSR count). The molecule has 0 fully saturated rings. The van der Waals surface area contributed by atoms with Crippen LogP contribution in [0.15, 0.2) is 12.2 Å². The van der Waals surface area contributed by atoms with Crippen LogP contribution in [0.5, 0.6) is 0 Å². The Hall–Kier alpha value is -0.240. The molecule has 0 aliphatic rings. The van der Waals surface area contributed by atoms with Crippen LogP contribution < -0.4 is 0 Å². The number of rotatable bonds is 18. The van der Waals surface area contributed by atoms with Crippen molar-refractivity contribution in [3.8, 4) is 0 Å². The Labute approximate surface area is 165 Å². The van der Waals surface area contributed by atoms with Crippen molar-refractivity contribution in [3.63, 3.8) is 0 Å². The molecule has 26 heavy (non-hydrogen) atoms. The van der Waals surface area contributed by atoms with Crippen LogP contribution in [0.3, 0.4) is 0 Å². The molecule has 0 aromatic heterocycles. The summed E-state index contributed by atoms with van der Waals surface area (Å²) in [6, 6.07) is 0. The summed E-state index contributed by atoms with van der Waals surface area (Å²) >= 11 is 0. The van der Waals surface area contributed by atoms with E-state index in [2.05, 4.69) is 37.4 Å². The van der Waals surface area contributed by atoms with Gasteiger partial charge in [0.15, 0.2) is 0 Å². The zero-order chi connectivity index (χ0) is 19.7. The first-order valence-corrected chi connectivity index (χ1v) is 12.3. The van der Waals surface area contributed by atoms with Gasteiger partial charge in [-0.15, -0.1) is 9.42 Å². The van der Waals surface area contributed by atoms with Crippen molar-refractivity contribution >= 4 is 8.25 Å². The Bertz CT molecular complexity index is 291. The van der Waals surface area contributed by atoms with E-state index in [0.717, 1.165) is 12.8 Å². The molecule has 0 aliphatic heterocycles. The second kappa shape index (κ2) is 27.0. The molecule has 0 bridgehead atoms. The topological polar surface area (TPSA) is 46.5 Å². The Morgan fingerprint density at radius 1 is 0.654 bits per heavy atom. The van der Waals surface area contributed by atoms with Gasteiger partial charge in [0.1, 0.15) is 6.61 Å². The second-order valence-corrected chi connectivity index (χ2v) is 7.74. The summed E-state index contributed by atoms with van der Waals surface area (Å²) in [5.41, 5.74) is 0. The summed E-state index contributed by atoms with van der Waals surface area (Å²) < 4.78 is 14.9. The van der Waals surface area contributed by atoms with E-state index >= 15 is 0 Å². The minimum absolute atomic E-state index is 0.410. The molecule has 0 spiro atoms. The fourth-order valence-electron chi connectivity index (χ4n) is 2.49. The summed E-state index contributed by atoms with van der Waals surface area (Å²) in [7, 11) is -2.40. The second-order valence-electron chi connectivity index (χ2n) is 7.01. The van der Waals surface area contributed by atoms with Gasteiger partial charge in [0, 0.05) is 4.57 Å². The smallest absolute Gasteiger partial charge is 0.133 e. The number of unbranched alkanes of at least 4 members (excludes halogenated alkanes) is 13. The molecule has 156 valence electrons. The molecule has 4 heteroatoms. The van der Waals surface area contributed by atoms with E-state index in [1.54, 1.807) is 0 Å². The fourth-order valence-corrected chi connectivity index (χ4v) is 2.78. The van der Waals surface area contributed by atoms with Crippen molar-refractivity contribution in [2.45, 2.75) is 124 Å². The molecule has 0 radical (unpaired) electrons. The summed E-state index contributed by atoms with van der Waals surface area (Å²) in [5, 5.41) is 0. The highest BCUT2D eigenvalue weighted by molar-refractivity contribution is 7.32. The molecule has 1 N–H and O–H groups in total. The lowest BCUT2D eigenvalue weighted by Crippen LogP contribution is -1.87. The van der Waals surface area contributed by atoms with Crippen molar-refractivity contribution < 1.29 is 14.0 Å². The first-order valence-electron chi connectivity index (χ1n) is 11.1. The average Bonchev–Trinajstić information content (AvgIpc) is 2.64. The zero-order valence-corrected chi connectivity index (χ0v) is 18.8. The van der Waals surface area contributed by atoms with E-state index in [4.69, 9.17) is 4.89 Å². The Balaban J connectivity index is 0. The van der Waals surface area contributed by atoms with Crippen LogP contribution in [0.25, 0.3) is 0 Å². The fraction of sp³-hybridized carbons (Fsp3) is 0.909. The third kappa shape index (κ3) is 31.5. The first-order chi connectivity index (χ1) is 12.7. The molecular weight excluding hydrogens is 343 g/mol. The van der Waals surface area contributed by atoms with Crippen molar-refractivity contribution in [1.29, 1.82) is 0 Å². The largest absolute Gasteiger partial charge is 0.694 e. The van der Waals surface area contributed by atoms with E-state index in [9.17, 15) is 4.57 Å². The van der Waals surface area contributed by atoms with Crippen molar-refractivity contribution in [2.24, 2.45) is 0 Å². The van der Waals surface area contributed by atoms with Crippen molar-refractivity contribution in [1.82, 2.24) is 0 Å². The maximum Gasteiger partial charge on any atom is 0.694 e. The van der Waals surface area contributed by atoms with Gasteiger partial charge in [-0.2, -0.15) is 0 Å². The lowest BCUT2D eigenvalue weighted by atomic mass is 10.1.